The summed E-state index contributed by atoms with van der Waals surface area (Å²) in [6, 6.07) is 4.65. The Morgan fingerprint density at radius 3 is 2.50 bits per heavy atom. The standard InChI is InChI=1S/C11H16N2O5S2/c12-19(14,15)10-4-1-5-11(7-10)20(16,17)13-9-3-2-6-18-8-9/h1,4-5,7,9,13H,2-3,6,8H2,(H2,12,14,15). The van der Waals surface area contributed by atoms with Crippen LogP contribution in [0.25, 0.3) is 0 Å². The molecular formula is C11H16N2O5S2. The molecule has 0 bridgehead atoms. The Bertz CT molecular complexity index is 679. The normalized spacial score (nSPS) is 20.8. The first-order chi connectivity index (χ1) is 9.29. The van der Waals surface area contributed by atoms with Crippen LogP contribution in [0.4, 0.5) is 0 Å². The Balaban J connectivity index is 2.25. The molecule has 1 aromatic carbocycles. The van der Waals surface area contributed by atoms with E-state index in [0.717, 1.165) is 12.5 Å². The van der Waals surface area contributed by atoms with E-state index in [9.17, 15) is 16.8 Å². The summed E-state index contributed by atoms with van der Waals surface area (Å²) >= 11 is 0. The van der Waals surface area contributed by atoms with Crippen LogP contribution in [0.1, 0.15) is 12.8 Å². The van der Waals surface area contributed by atoms with Gasteiger partial charge in [-0.25, -0.2) is 26.7 Å². The summed E-state index contributed by atoms with van der Waals surface area (Å²) in [6.45, 7) is 0.938. The lowest BCUT2D eigenvalue weighted by atomic mass is 10.1. The summed E-state index contributed by atoms with van der Waals surface area (Å²) in [6.07, 6.45) is 1.47. The van der Waals surface area contributed by atoms with Crippen molar-refractivity contribution in [2.24, 2.45) is 5.14 Å². The van der Waals surface area contributed by atoms with Gasteiger partial charge in [-0.15, -0.1) is 0 Å². The van der Waals surface area contributed by atoms with Gasteiger partial charge < -0.3 is 4.74 Å². The summed E-state index contributed by atoms with van der Waals surface area (Å²) < 4.78 is 54.5. The summed E-state index contributed by atoms with van der Waals surface area (Å²) in [4.78, 5) is -0.366. The minimum absolute atomic E-state index is 0.130. The van der Waals surface area contributed by atoms with Gasteiger partial charge in [0.2, 0.25) is 20.0 Å². The van der Waals surface area contributed by atoms with Crippen molar-refractivity contribution in [2.45, 2.75) is 28.7 Å². The fourth-order valence-corrected chi connectivity index (χ4v) is 3.87. The third-order valence-electron chi connectivity index (χ3n) is 2.93. The first-order valence-electron chi connectivity index (χ1n) is 6.02. The number of primary sulfonamides is 1. The van der Waals surface area contributed by atoms with Crippen LogP contribution in [0.3, 0.4) is 0 Å². The zero-order chi connectivity index (χ0) is 14.8. The number of hydrogen-bond donors (Lipinski definition) is 2. The molecule has 0 aromatic heterocycles. The molecule has 3 N–H and O–H groups in total. The van der Waals surface area contributed by atoms with Crippen molar-refractivity contribution in [3.05, 3.63) is 24.3 Å². The van der Waals surface area contributed by atoms with Crippen molar-refractivity contribution >= 4 is 20.0 Å². The number of hydrogen-bond acceptors (Lipinski definition) is 5. The average Bonchev–Trinajstić information content (AvgIpc) is 2.38. The molecule has 112 valence electrons. The van der Waals surface area contributed by atoms with Gasteiger partial charge in [-0.05, 0) is 31.0 Å². The molecular weight excluding hydrogens is 304 g/mol. The van der Waals surface area contributed by atoms with Crippen molar-refractivity contribution in [1.82, 2.24) is 4.72 Å². The van der Waals surface area contributed by atoms with Gasteiger partial charge in [0.25, 0.3) is 0 Å². The largest absolute Gasteiger partial charge is 0.380 e. The molecule has 1 aliphatic rings. The second-order valence-electron chi connectivity index (χ2n) is 4.56. The van der Waals surface area contributed by atoms with E-state index in [0.29, 0.717) is 19.6 Å². The van der Waals surface area contributed by atoms with Crippen molar-refractivity contribution in [1.29, 1.82) is 0 Å². The second kappa shape index (κ2) is 5.78. The summed E-state index contributed by atoms with van der Waals surface area (Å²) in [5.41, 5.74) is 0. The van der Waals surface area contributed by atoms with Gasteiger partial charge in [0.05, 0.1) is 16.4 Å². The topological polar surface area (TPSA) is 116 Å². The third kappa shape index (κ3) is 3.76. The van der Waals surface area contributed by atoms with Gasteiger partial charge >= 0.3 is 0 Å². The predicted molar refractivity (Wildman–Crippen MR) is 72.0 cm³/mol. The molecule has 1 atom stereocenters. The van der Waals surface area contributed by atoms with Gasteiger partial charge in [0, 0.05) is 12.6 Å². The van der Waals surface area contributed by atoms with Crippen LogP contribution >= 0.6 is 0 Å². The van der Waals surface area contributed by atoms with E-state index in [1.54, 1.807) is 0 Å². The number of nitrogens with two attached hydrogens (primary N) is 1. The first-order valence-corrected chi connectivity index (χ1v) is 9.05. The second-order valence-corrected chi connectivity index (χ2v) is 7.83. The average molecular weight is 320 g/mol. The van der Waals surface area contributed by atoms with Crippen molar-refractivity contribution in [2.75, 3.05) is 13.2 Å². The van der Waals surface area contributed by atoms with Crippen molar-refractivity contribution < 1.29 is 21.6 Å². The van der Waals surface area contributed by atoms with Gasteiger partial charge in [-0.3, -0.25) is 0 Å². The summed E-state index contributed by atoms with van der Waals surface area (Å²) in [7, 11) is -7.73. The van der Waals surface area contributed by atoms with Crippen LogP contribution in [-0.2, 0) is 24.8 Å². The molecule has 20 heavy (non-hydrogen) atoms. The van der Waals surface area contributed by atoms with E-state index in [1.165, 1.54) is 18.2 Å². The molecule has 7 nitrogen and oxygen atoms in total. The van der Waals surface area contributed by atoms with E-state index < -0.39 is 20.0 Å². The number of ether oxygens (including phenoxy) is 1. The van der Waals surface area contributed by atoms with E-state index in [4.69, 9.17) is 9.88 Å². The molecule has 1 saturated heterocycles. The Kier molecular flexibility index (Phi) is 4.45. The molecule has 0 spiro atoms. The summed E-state index contributed by atoms with van der Waals surface area (Å²) in [5.74, 6) is 0. The van der Waals surface area contributed by atoms with Crippen LogP contribution in [0.15, 0.2) is 34.1 Å². The molecule has 1 heterocycles. The Morgan fingerprint density at radius 1 is 1.20 bits per heavy atom. The highest BCUT2D eigenvalue weighted by Gasteiger charge is 2.23. The maximum Gasteiger partial charge on any atom is 0.240 e. The molecule has 2 rings (SSSR count). The lowest BCUT2D eigenvalue weighted by molar-refractivity contribution is 0.0774. The van der Waals surface area contributed by atoms with Gasteiger partial charge in [-0.2, -0.15) is 0 Å². The quantitative estimate of drug-likeness (QED) is 0.796. The monoisotopic (exact) mass is 320 g/mol. The molecule has 1 fully saturated rings. The Labute approximate surface area is 118 Å². The summed E-state index contributed by atoms with van der Waals surface area (Å²) in [5, 5.41) is 4.99. The van der Waals surface area contributed by atoms with Crippen LogP contribution in [0, 0.1) is 0 Å². The highest BCUT2D eigenvalue weighted by Crippen LogP contribution is 2.16. The van der Waals surface area contributed by atoms with E-state index in [1.807, 2.05) is 0 Å². The van der Waals surface area contributed by atoms with E-state index in [2.05, 4.69) is 4.72 Å². The molecule has 1 aromatic rings. The maximum atomic E-state index is 12.2. The van der Waals surface area contributed by atoms with Crippen LogP contribution in [0.5, 0.6) is 0 Å². The number of rotatable bonds is 4. The van der Waals surface area contributed by atoms with Crippen LogP contribution in [-0.4, -0.2) is 36.1 Å². The zero-order valence-electron chi connectivity index (χ0n) is 10.7. The minimum Gasteiger partial charge on any atom is -0.380 e. The number of nitrogens with one attached hydrogen (secondary N) is 1. The van der Waals surface area contributed by atoms with Crippen LogP contribution in [0.2, 0.25) is 0 Å². The number of sulfonamides is 2. The molecule has 0 radical (unpaired) electrons. The fourth-order valence-electron chi connectivity index (χ4n) is 1.94. The van der Waals surface area contributed by atoms with Crippen molar-refractivity contribution in [3.63, 3.8) is 0 Å². The van der Waals surface area contributed by atoms with Gasteiger partial charge in [-0.1, -0.05) is 6.07 Å². The molecule has 0 saturated carbocycles. The lowest BCUT2D eigenvalue weighted by Crippen LogP contribution is -2.40. The van der Waals surface area contributed by atoms with E-state index in [-0.39, 0.29) is 15.8 Å². The van der Waals surface area contributed by atoms with E-state index >= 15 is 0 Å². The molecule has 1 unspecified atom stereocenters. The molecule has 1 aliphatic heterocycles. The smallest absolute Gasteiger partial charge is 0.240 e. The molecule has 0 aliphatic carbocycles. The molecule has 0 amide bonds. The van der Waals surface area contributed by atoms with Crippen LogP contribution < -0.4 is 9.86 Å². The SMILES string of the molecule is NS(=O)(=O)c1cccc(S(=O)(=O)NC2CCCOC2)c1. The Hall–Kier alpha value is -1.00. The van der Waals surface area contributed by atoms with Gasteiger partial charge in [0.15, 0.2) is 0 Å². The lowest BCUT2D eigenvalue weighted by Gasteiger charge is -2.23. The molecule has 9 heteroatoms. The highest BCUT2D eigenvalue weighted by atomic mass is 32.2. The highest BCUT2D eigenvalue weighted by molar-refractivity contribution is 7.90. The zero-order valence-corrected chi connectivity index (χ0v) is 12.3. The minimum atomic E-state index is -3.94. The Morgan fingerprint density at radius 2 is 1.90 bits per heavy atom. The maximum absolute atomic E-state index is 12.2. The fraction of sp³-hybridized carbons (Fsp3) is 0.455. The first kappa shape index (κ1) is 15.4. The third-order valence-corrected chi connectivity index (χ3v) is 5.36. The predicted octanol–water partition coefficient (Wildman–Crippen LogP) is -0.209. The van der Waals surface area contributed by atoms with Gasteiger partial charge in [0.1, 0.15) is 0 Å². The number of benzene rings is 1. The van der Waals surface area contributed by atoms with Crippen molar-refractivity contribution in [3.8, 4) is 0 Å².